The fourth-order valence-electron chi connectivity index (χ4n) is 5.04. The van der Waals surface area contributed by atoms with Crippen LogP contribution < -0.4 is 5.32 Å². The van der Waals surface area contributed by atoms with Crippen LogP contribution in [0.2, 0.25) is 30.7 Å². The summed E-state index contributed by atoms with van der Waals surface area (Å²) in [6, 6.07) is 11.5. The molecule has 1 aliphatic heterocycles. The number of likely N-dealkylation sites (tertiary alicyclic amines) is 1. The molecule has 5 rings (SSSR count). The number of carbonyl (C=O) groups is 1. The second kappa shape index (κ2) is 10.2. The summed E-state index contributed by atoms with van der Waals surface area (Å²) >= 11 is 6.65. The van der Waals surface area contributed by atoms with E-state index in [2.05, 4.69) is 42.1 Å². The van der Waals surface area contributed by atoms with Crippen molar-refractivity contribution in [2.45, 2.75) is 64.8 Å². The Hall–Kier alpha value is -2.62. The van der Waals surface area contributed by atoms with Gasteiger partial charge in [0.15, 0.2) is 0 Å². The topological polar surface area (TPSA) is 81.5 Å². The van der Waals surface area contributed by atoms with Crippen molar-refractivity contribution in [3.63, 3.8) is 0 Å². The zero-order chi connectivity index (χ0) is 27.2. The van der Waals surface area contributed by atoms with Crippen LogP contribution in [0.25, 0.3) is 22.2 Å². The molecule has 0 bridgehead atoms. The molecule has 2 aliphatic rings. The number of anilines is 1. The smallest absolute Gasteiger partial charge is 0.410 e. The van der Waals surface area contributed by atoms with E-state index in [9.17, 15) is 4.79 Å². The van der Waals surface area contributed by atoms with Crippen molar-refractivity contribution in [3.8, 4) is 11.3 Å². The Morgan fingerprint density at radius 3 is 2.58 bits per heavy atom. The van der Waals surface area contributed by atoms with Gasteiger partial charge in [0.25, 0.3) is 0 Å². The number of benzene rings is 1. The summed E-state index contributed by atoms with van der Waals surface area (Å²) in [5, 5.41) is 10.1. The van der Waals surface area contributed by atoms with E-state index >= 15 is 0 Å². The van der Waals surface area contributed by atoms with Crippen molar-refractivity contribution in [3.05, 3.63) is 41.6 Å². The van der Waals surface area contributed by atoms with Crippen LogP contribution in [0.1, 0.15) is 20.8 Å². The van der Waals surface area contributed by atoms with Crippen molar-refractivity contribution in [2.75, 3.05) is 25.0 Å². The molecular weight excluding hydrogens is 518 g/mol. The van der Waals surface area contributed by atoms with Gasteiger partial charge in [0.1, 0.15) is 23.8 Å². The molecule has 1 N–H and O–H groups in total. The number of aromatic nitrogens is 3. The first-order valence-corrected chi connectivity index (χ1v) is 17.4. The molecule has 3 atom stereocenters. The van der Waals surface area contributed by atoms with Crippen molar-refractivity contribution < 1.29 is 14.3 Å². The van der Waals surface area contributed by atoms with Gasteiger partial charge in [-0.05, 0) is 38.9 Å². The predicted molar refractivity (Wildman–Crippen MR) is 154 cm³/mol. The molecule has 204 valence electrons. The van der Waals surface area contributed by atoms with Gasteiger partial charge in [-0.3, -0.25) is 0 Å². The summed E-state index contributed by atoms with van der Waals surface area (Å²) in [4.78, 5) is 18.8. The monoisotopic (exact) mass is 555 g/mol. The van der Waals surface area contributed by atoms with Crippen molar-refractivity contribution in [1.82, 2.24) is 19.7 Å². The third-order valence-electron chi connectivity index (χ3n) is 7.14. The molecule has 0 spiro atoms. The Morgan fingerprint density at radius 2 is 1.89 bits per heavy atom. The number of rotatable bonds is 8. The van der Waals surface area contributed by atoms with E-state index in [-0.39, 0.29) is 12.1 Å². The lowest BCUT2D eigenvalue weighted by Gasteiger charge is -2.26. The van der Waals surface area contributed by atoms with E-state index in [4.69, 9.17) is 26.2 Å². The number of hydrogen-bond acceptors (Lipinski definition) is 6. The van der Waals surface area contributed by atoms with Gasteiger partial charge in [0.05, 0.1) is 10.5 Å². The van der Waals surface area contributed by atoms with Gasteiger partial charge in [0.2, 0.25) is 0 Å². The maximum atomic E-state index is 12.4. The number of halogens is 1. The molecular formula is C28H38ClN5O3Si. The molecule has 3 heterocycles. The zero-order valence-corrected chi connectivity index (χ0v) is 24.9. The standard InChI is InChI=1S/C28H38ClN5O3Si/c1-28(2,3)37-27(35)33-15-20-21(16-33)25(20)31-24-13-19(22(29)14-30-24)26-18-9-7-8-10-23(18)34(32-26)17-36-11-12-38(4,5)6/h7-10,13-14,20-21,25H,11-12,15-17H2,1-6H3,(H,30,31)/t20-,21+,25?. The summed E-state index contributed by atoms with van der Waals surface area (Å²) in [5.74, 6) is 1.56. The Kier molecular flexibility index (Phi) is 7.21. The van der Waals surface area contributed by atoms with Gasteiger partial charge < -0.3 is 19.7 Å². The zero-order valence-electron chi connectivity index (χ0n) is 23.1. The lowest BCUT2D eigenvalue weighted by molar-refractivity contribution is 0.0272. The number of amides is 1. The van der Waals surface area contributed by atoms with Crippen LogP contribution in [0.5, 0.6) is 0 Å². The molecule has 10 heteroatoms. The van der Waals surface area contributed by atoms with Crippen LogP contribution in [0.15, 0.2) is 36.5 Å². The fraction of sp³-hybridized carbons (Fsp3) is 0.536. The van der Waals surface area contributed by atoms with E-state index in [1.54, 1.807) is 6.20 Å². The van der Waals surface area contributed by atoms with Crippen LogP contribution in [0, 0.1) is 11.8 Å². The maximum absolute atomic E-state index is 12.4. The highest BCUT2D eigenvalue weighted by atomic mass is 35.5. The van der Waals surface area contributed by atoms with Gasteiger partial charge in [-0.1, -0.05) is 49.4 Å². The van der Waals surface area contributed by atoms with Gasteiger partial charge >= 0.3 is 6.09 Å². The first-order chi connectivity index (χ1) is 17.9. The first-order valence-electron chi connectivity index (χ1n) is 13.3. The average molecular weight is 556 g/mol. The molecule has 1 aliphatic carbocycles. The van der Waals surface area contributed by atoms with E-state index in [0.717, 1.165) is 40.6 Å². The maximum Gasteiger partial charge on any atom is 0.410 e. The summed E-state index contributed by atoms with van der Waals surface area (Å²) in [7, 11) is -1.16. The minimum absolute atomic E-state index is 0.234. The molecule has 3 aromatic rings. The Morgan fingerprint density at radius 1 is 1.18 bits per heavy atom. The predicted octanol–water partition coefficient (Wildman–Crippen LogP) is 6.34. The Bertz CT molecular complexity index is 1320. The van der Waals surface area contributed by atoms with Crippen LogP contribution in [0.3, 0.4) is 0 Å². The largest absolute Gasteiger partial charge is 0.444 e. The molecule has 1 saturated carbocycles. The number of ether oxygens (including phenoxy) is 2. The molecule has 8 nitrogen and oxygen atoms in total. The third-order valence-corrected chi connectivity index (χ3v) is 9.14. The molecule has 1 unspecified atom stereocenters. The molecule has 38 heavy (non-hydrogen) atoms. The SMILES string of the molecule is CC(C)(C)OC(=O)N1C[C@@H]2C(Nc3cc(-c4nn(COCC[Si](C)(C)C)c5ccccc45)c(Cl)cn3)[C@@H]2C1. The lowest BCUT2D eigenvalue weighted by Crippen LogP contribution is -2.38. The van der Waals surface area contributed by atoms with Crippen LogP contribution in [0.4, 0.5) is 10.6 Å². The fourth-order valence-corrected chi connectivity index (χ4v) is 5.99. The van der Waals surface area contributed by atoms with E-state index < -0.39 is 13.7 Å². The summed E-state index contributed by atoms with van der Waals surface area (Å²) < 4.78 is 13.4. The Balaban J connectivity index is 1.28. The Labute approximate surface area is 230 Å². The number of pyridine rings is 1. The summed E-state index contributed by atoms with van der Waals surface area (Å²) in [6.07, 6.45) is 1.45. The molecule has 1 saturated heterocycles. The molecule has 1 aromatic carbocycles. The van der Waals surface area contributed by atoms with Gasteiger partial charge in [-0.2, -0.15) is 5.10 Å². The number of hydrogen-bond donors (Lipinski definition) is 1. The summed E-state index contributed by atoms with van der Waals surface area (Å²) in [6.45, 7) is 15.3. The number of carbonyl (C=O) groups excluding carboxylic acids is 1. The van der Waals surface area contributed by atoms with Crippen molar-refractivity contribution in [2.24, 2.45) is 11.8 Å². The number of para-hydroxylation sites is 1. The van der Waals surface area contributed by atoms with E-state index in [0.29, 0.717) is 36.7 Å². The van der Waals surface area contributed by atoms with Gasteiger partial charge in [0, 0.05) is 62.8 Å². The van der Waals surface area contributed by atoms with Gasteiger partial charge in [-0.25, -0.2) is 14.5 Å². The average Bonchev–Trinajstić information content (AvgIpc) is 3.17. The van der Waals surface area contributed by atoms with Crippen LogP contribution >= 0.6 is 11.6 Å². The second-order valence-corrected chi connectivity index (χ2v) is 18.7. The highest BCUT2D eigenvalue weighted by Crippen LogP contribution is 2.47. The second-order valence-electron chi connectivity index (χ2n) is 12.6. The highest BCUT2D eigenvalue weighted by Gasteiger charge is 2.57. The van der Waals surface area contributed by atoms with E-state index in [1.807, 2.05) is 48.6 Å². The minimum atomic E-state index is -1.16. The first kappa shape index (κ1) is 27.0. The van der Waals surface area contributed by atoms with E-state index in [1.165, 1.54) is 0 Å². The number of nitrogens with zero attached hydrogens (tertiary/aromatic N) is 4. The van der Waals surface area contributed by atoms with Crippen LogP contribution in [-0.4, -0.2) is 65.2 Å². The van der Waals surface area contributed by atoms with Crippen LogP contribution in [-0.2, 0) is 16.2 Å². The van der Waals surface area contributed by atoms with Crippen molar-refractivity contribution >= 4 is 42.5 Å². The number of fused-ring (bicyclic) bond motifs is 2. The third kappa shape index (κ3) is 6.00. The normalized spacial score (nSPS) is 21.0. The lowest BCUT2D eigenvalue weighted by atomic mass is 10.1. The van der Waals surface area contributed by atoms with Gasteiger partial charge in [-0.15, -0.1) is 0 Å². The summed E-state index contributed by atoms with van der Waals surface area (Å²) in [5.41, 5.74) is 2.18. The molecule has 2 fully saturated rings. The highest BCUT2D eigenvalue weighted by molar-refractivity contribution is 6.76. The molecule has 0 radical (unpaired) electrons. The minimum Gasteiger partial charge on any atom is -0.444 e. The number of nitrogens with one attached hydrogen (secondary N) is 1. The quantitative estimate of drug-likeness (QED) is 0.258. The van der Waals surface area contributed by atoms with Crippen molar-refractivity contribution in [1.29, 1.82) is 0 Å². The number of piperidine rings is 1. The molecule has 2 aromatic heterocycles. The molecule has 1 amide bonds.